The Balaban J connectivity index is 1.74. The van der Waals surface area contributed by atoms with Crippen LogP contribution in [0, 0.1) is 0 Å². The van der Waals surface area contributed by atoms with Gasteiger partial charge in [-0.05, 0) is 64.5 Å². The standard InChI is InChI=1S/C26H44N2O4S3/c1-4-6-7-8-9-10-11-12-13-14-15-16-17-18-19-28-35(31,32)25-21-23-24(27-5-2)20-22(3)34(29,30)26(23)33-25/h10-11,19,21-22,24,27H,4-9,12-18,20H2,1-3H3/b11-10+,28-19-/t22-,24-/m0/s1. The molecule has 0 radical (unpaired) electrons. The number of unbranched alkanes of at least 4 members (excludes halogenated alkanes) is 10. The summed E-state index contributed by atoms with van der Waals surface area (Å²) in [5.41, 5.74) is 0.565. The molecular weight excluding hydrogens is 500 g/mol. The lowest BCUT2D eigenvalue weighted by Crippen LogP contribution is -2.33. The van der Waals surface area contributed by atoms with E-state index in [0.29, 0.717) is 24.9 Å². The number of nitrogens with one attached hydrogen (secondary N) is 1. The highest BCUT2D eigenvalue weighted by atomic mass is 32.3. The molecule has 35 heavy (non-hydrogen) atoms. The second-order valence-corrected chi connectivity index (χ2v) is 14.9. The third-order valence-corrected chi connectivity index (χ3v) is 12.1. The van der Waals surface area contributed by atoms with Crippen LogP contribution in [0.15, 0.2) is 31.0 Å². The lowest BCUT2D eigenvalue weighted by atomic mass is 10.1. The van der Waals surface area contributed by atoms with E-state index in [1.54, 1.807) is 6.92 Å². The van der Waals surface area contributed by atoms with E-state index in [4.69, 9.17) is 0 Å². The molecule has 0 saturated carbocycles. The van der Waals surface area contributed by atoms with E-state index in [1.165, 1.54) is 57.2 Å². The van der Waals surface area contributed by atoms with Crippen LogP contribution in [0.2, 0.25) is 0 Å². The number of hydrogen-bond donors (Lipinski definition) is 1. The number of rotatable bonds is 17. The Hall–Kier alpha value is -1.03. The first-order chi connectivity index (χ1) is 16.7. The molecular formula is C26H44N2O4S3. The Morgan fingerprint density at radius 3 is 2.23 bits per heavy atom. The Morgan fingerprint density at radius 2 is 1.60 bits per heavy atom. The van der Waals surface area contributed by atoms with Gasteiger partial charge in [-0.2, -0.15) is 12.8 Å². The Morgan fingerprint density at radius 1 is 1.00 bits per heavy atom. The van der Waals surface area contributed by atoms with E-state index in [-0.39, 0.29) is 14.5 Å². The van der Waals surface area contributed by atoms with Crippen LogP contribution in [-0.4, -0.2) is 34.8 Å². The molecule has 1 aliphatic heterocycles. The zero-order valence-corrected chi connectivity index (χ0v) is 24.1. The molecule has 200 valence electrons. The molecule has 1 aromatic heterocycles. The van der Waals surface area contributed by atoms with Crippen LogP contribution in [0.5, 0.6) is 0 Å². The van der Waals surface area contributed by atoms with Gasteiger partial charge in [0.2, 0.25) is 0 Å². The number of sulfonamides is 1. The maximum absolute atomic E-state index is 12.7. The molecule has 9 heteroatoms. The van der Waals surface area contributed by atoms with Crippen LogP contribution >= 0.6 is 11.3 Å². The average molecular weight is 545 g/mol. The molecule has 6 nitrogen and oxygen atoms in total. The fourth-order valence-corrected chi connectivity index (χ4v) is 9.22. The van der Waals surface area contributed by atoms with Crippen LogP contribution in [0.1, 0.15) is 116 Å². The highest BCUT2D eigenvalue weighted by Crippen LogP contribution is 2.43. The largest absolute Gasteiger partial charge is 0.310 e. The Bertz CT molecular complexity index is 1030. The number of sulfone groups is 1. The monoisotopic (exact) mass is 544 g/mol. The van der Waals surface area contributed by atoms with Gasteiger partial charge in [-0.1, -0.05) is 64.5 Å². The van der Waals surface area contributed by atoms with Gasteiger partial charge in [-0.25, -0.2) is 8.42 Å². The van der Waals surface area contributed by atoms with Crippen molar-refractivity contribution in [3.05, 3.63) is 23.8 Å². The van der Waals surface area contributed by atoms with E-state index in [1.807, 2.05) is 6.92 Å². The van der Waals surface area contributed by atoms with E-state index >= 15 is 0 Å². The SMILES string of the molecule is CCCCCC/C=C/CCCCCCC/C=N\S(=O)(=O)c1cc2c(s1)S(=O)(=O)[C@@H](C)C[C@@H]2NCC. The smallest absolute Gasteiger partial charge is 0.291 e. The predicted molar refractivity (Wildman–Crippen MR) is 148 cm³/mol. The quantitative estimate of drug-likeness (QED) is 0.130. The zero-order valence-electron chi connectivity index (χ0n) is 21.7. The molecule has 0 unspecified atom stereocenters. The molecule has 0 bridgehead atoms. The summed E-state index contributed by atoms with van der Waals surface area (Å²) in [6.07, 6.45) is 20.2. The van der Waals surface area contributed by atoms with Crippen molar-refractivity contribution in [2.45, 2.75) is 124 Å². The fraction of sp³-hybridized carbons (Fsp3) is 0.731. The van der Waals surface area contributed by atoms with Gasteiger partial charge < -0.3 is 5.32 Å². The molecule has 0 aliphatic carbocycles. The molecule has 2 rings (SSSR count). The molecule has 1 N–H and O–H groups in total. The van der Waals surface area contributed by atoms with Crippen LogP contribution in [0.3, 0.4) is 0 Å². The molecule has 0 spiro atoms. The molecule has 1 aliphatic rings. The number of allylic oxidation sites excluding steroid dienone is 2. The molecule has 0 aromatic carbocycles. The molecule has 0 fully saturated rings. The summed E-state index contributed by atoms with van der Waals surface area (Å²) in [6, 6.07) is 1.35. The first-order valence-corrected chi connectivity index (χ1v) is 17.1. The first kappa shape index (κ1) is 30.2. The number of fused-ring (bicyclic) bond motifs is 1. The van der Waals surface area contributed by atoms with Crippen molar-refractivity contribution >= 4 is 37.4 Å². The highest BCUT2D eigenvalue weighted by molar-refractivity contribution is 7.96. The topological polar surface area (TPSA) is 92.7 Å². The van der Waals surface area contributed by atoms with Gasteiger partial charge in [0.05, 0.1) is 5.25 Å². The minimum atomic E-state index is -3.89. The maximum Gasteiger partial charge on any atom is 0.291 e. The van der Waals surface area contributed by atoms with Crippen molar-refractivity contribution < 1.29 is 16.8 Å². The molecule has 0 amide bonds. The van der Waals surface area contributed by atoms with Crippen molar-refractivity contribution in [2.75, 3.05) is 6.54 Å². The summed E-state index contributed by atoms with van der Waals surface area (Å²) in [4.78, 5) is 0. The van der Waals surface area contributed by atoms with Crippen molar-refractivity contribution in [2.24, 2.45) is 4.40 Å². The average Bonchev–Trinajstić information content (AvgIpc) is 3.28. The minimum Gasteiger partial charge on any atom is -0.310 e. The minimum absolute atomic E-state index is 0.0118. The summed E-state index contributed by atoms with van der Waals surface area (Å²) in [5.74, 6) is 0. The molecule has 2 atom stereocenters. The maximum atomic E-state index is 12.7. The van der Waals surface area contributed by atoms with Gasteiger partial charge in [-0.3, -0.25) is 0 Å². The van der Waals surface area contributed by atoms with Gasteiger partial charge in [0.1, 0.15) is 8.42 Å². The van der Waals surface area contributed by atoms with E-state index < -0.39 is 25.1 Å². The van der Waals surface area contributed by atoms with Crippen LogP contribution in [0.25, 0.3) is 0 Å². The van der Waals surface area contributed by atoms with Gasteiger partial charge in [0.15, 0.2) is 9.84 Å². The third kappa shape index (κ3) is 9.41. The second kappa shape index (κ2) is 15.3. The van der Waals surface area contributed by atoms with Crippen molar-refractivity contribution in [3.8, 4) is 0 Å². The summed E-state index contributed by atoms with van der Waals surface area (Å²) >= 11 is 0.835. The van der Waals surface area contributed by atoms with Crippen LogP contribution in [0.4, 0.5) is 0 Å². The summed E-state index contributed by atoms with van der Waals surface area (Å²) in [7, 11) is -7.39. The van der Waals surface area contributed by atoms with E-state index in [9.17, 15) is 16.8 Å². The Labute approximate surface area is 217 Å². The van der Waals surface area contributed by atoms with Crippen molar-refractivity contribution in [3.63, 3.8) is 0 Å². The summed E-state index contributed by atoms with van der Waals surface area (Å²) in [5, 5.41) is 2.74. The normalized spacial score (nSPS) is 20.1. The van der Waals surface area contributed by atoms with Gasteiger partial charge in [-0.15, -0.1) is 11.3 Å². The molecule has 2 heterocycles. The van der Waals surface area contributed by atoms with E-state index in [2.05, 4.69) is 28.8 Å². The zero-order chi connectivity index (χ0) is 25.7. The predicted octanol–water partition coefficient (Wildman–Crippen LogP) is 6.98. The van der Waals surface area contributed by atoms with E-state index in [0.717, 1.165) is 37.0 Å². The number of hydrogen-bond acceptors (Lipinski definition) is 6. The fourth-order valence-electron chi connectivity index (χ4n) is 4.32. The lowest BCUT2D eigenvalue weighted by molar-refractivity contribution is 0.477. The van der Waals surface area contributed by atoms with Crippen LogP contribution in [-0.2, 0) is 19.9 Å². The van der Waals surface area contributed by atoms with Gasteiger partial charge in [0, 0.05) is 17.8 Å². The van der Waals surface area contributed by atoms with Crippen LogP contribution < -0.4 is 5.32 Å². The first-order valence-electron chi connectivity index (χ1n) is 13.3. The van der Waals surface area contributed by atoms with Crippen molar-refractivity contribution in [1.29, 1.82) is 0 Å². The number of nitrogens with zero attached hydrogens (tertiary/aromatic N) is 1. The lowest BCUT2D eigenvalue weighted by Gasteiger charge is -2.27. The molecule has 0 saturated heterocycles. The van der Waals surface area contributed by atoms with Gasteiger partial charge in [0.25, 0.3) is 10.0 Å². The summed E-state index contributed by atoms with van der Waals surface area (Å²) < 4.78 is 55.0. The second-order valence-electron chi connectivity index (χ2n) is 9.44. The third-order valence-electron chi connectivity index (χ3n) is 6.45. The van der Waals surface area contributed by atoms with Gasteiger partial charge >= 0.3 is 0 Å². The molecule has 1 aromatic rings. The Kier molecular flexibility index (Phi) is 13.2. The highest BCUT2D eigenvalue weighted by Gasteiger charge is 2.39. The van der Waals surface area contributed by atoms with Crippen molar-refractivity contribution in [1.82, 2.24) is 5.32 Å². The number of thiophene rings is 1. The summed E-state index contributed by atoms with van der Waals surface area (Å²) in [6.45, 7) is 6.55.